The number of urea groups is 1. The third-order valence-electron chi connectivity index (χ3n) is 3.55. The van der Waals surface area contributed by atoms with E-state index >= 15 is 0 Å². The molecule has 0 aliphatic carbocycles. The Morgan fingerprint density at radius 2 is 1.88 bits per heavy atom. The highest BCUT2D eigenvalue weighted by atomic mass is 19.4. The van der Waals surface area contributed by atoms with Crippen molar-refractivity contribution in [1.82, 2.24) is 9.88 Å². The number of carbonyl (C=O) groups is 1. The van der Waals surface area contributed by atoms with Crippen molar-refractivity contribution >= 4 is 11.7 Å². The molecule has 1 aromatic carbocycles. The van der Waals surface area contributed by atoms with E-state index in [1.807, 2.05) is 0 Å². The molecule has 0 radical (unpaired) electrons. The fraction of sp³-hybridized carbons (Fsp3) is 0.250. The number of rotatable bonds is 3. The number of carbonyl (C=O) groups excluding carboxylic acids is 1. The van der Waals surface area contributed by atoms with Gasteiger partial charge in [0.15, 0.2) is 0 Å². The molecule has 0 unspecified atom stereocenters. The fourth-order valence-corrected chi connectivity index (χ4v) is 2.24. The van der Waals surface area contributed by atoms with Crippen LogP contribution in [0.15, 0.2) is 42.5 Å². The van der Waals surface area contributed by atoms with Crippen molar-refractivity contribution in [2.24, 2.45) is 0 Å². The van der Waals surface area contributed by atoms with Crippen molar-refractivity contribution in [2.45, 2.75) is 12.3 Å². The van der Waals surface area contributed by atoms with E-state index < -0.39 is 29.8 Å². The predicted molar refractivity (Wildman–Crippen MR) is 80.6 cm³/mol. The van der Waals surface area contributed by atoms with E-state index in [2.05, 4.69) is 10.3 Å². The van der Waals surface area contributed by atoms with Gasteiger partial charge >= 0.3 is 12.2 Å². The maximum atomic E-state index is 13.5. The Bertz CT molecular complexity index is 776. The summed E-state index contributed by atoms with van der Waals surface area (Å²) in [5, 5.41) is 2.42. The Balaban J connectivity index is 1.53. The number of halogens is 4. The Labute approximate surface area is 140 Å². The number of para-hydroxylation sites is 1. The molecule has 1 fully saturated rings. The summed E-state index contributed by atoms with van der Waals surface area (Å²) in [5.41, 5.74) is -0.991. The quantitative estimate of drug-likeness (QED) is 0.857. The van der Waals surface area contributed by atoms with Crippen LogP contribution in [0.3, 0.4) is 0 Å². The lowest BCUT2D eigenvalue weighted by Crippen LogP contribution is -2.57. The van der Waals surface area contributed by atoms with Crippen molar-refractivity contribution in [2.75, 3.05) is 18.4 Å². The molecule has 2 aromatic rings. The van der Waals surface area contributed by atoms with Gasteiger partial charge in [-0.3, -0.25) is 0 Å². The number of amides is 2. The zero-order valence-electron chi connectivity index (χ0n) is 12.8. The number of aromatic nitrogens is 1. The Kier molecular flexibility index (Phi) is 4.47. The van der Waals surface area contributed by atoms with E-state index in [4.69, 9.17) is 4.74 Å². The molecule has 1 aliphatic heterocycles. The van der Waals surface area contributed by atoms with Crippen LogP contribution < -0.4 is 10.1 Å². The van der Waals surface area contributed by atoms with Crippen molar-refractivity contribution < 1.29 is 27.1 Å². The van der Waals surface area contributed by atoms with Gasteiger partial charge in [0.25, 0.3) is 0 Å². The number of nitrogens with zero attached hydrogens (tertiary/aromatic N) is 2. The van der Waals surface area contributed by atoms with Gasteiger partial charge in [-0.05, 0) is 18.2 Å². The standard InChI is InChI=1S/C16H13F4N3O2/c17-11-4-1-2-5-12(11)21-15(24)23-8-10(9-23)25-14-7-3-6-13(22-14)16(18,19)20/h1-7,10H,8-9H2,(H,21,24). The number of likely N-dealkylation sites (tertiary alicyclic amines) is 1. The van der Waals surface area contributed by atoms with Crippen LogP contribution in [0.4, 0.5) is 28.0 Å². The maximum absolute atomic E-state index is 13.5. The highest BCUT2D eigenvalue weighted by molar-refractivity contribution is 5.90. The van der Waals surface area contributed by atoms with E-state index in [0.29, 0.717) is 0 Å². The summed E-state index contributed by atoms with van der Waals surface area (Å²) >= 11 is 0. The molecular weight excluding hydrogens is 342 g/mol. The first kappa shape index (κ1) is 17.0. The molecule has 0 atom stereocenters. The minimum absolute atomic E-state index is 0.0522. The number of hydrogen-bond acceptors (Lipinski definition) is 3. The molecule has 0 bridgehead atoms. The summed E-state index contributed by atoms with van der Waals surface area (Å²) < 4.78 is 56.6. The van der Waals surface area contributed by atoms with Crippen LogP contribution in [0.2, 0.25) is 0 Å². The van der Waals surface area contributed by atoms with E-state index in [0.717, 1.165) is 6.07 Å². The number of hydrogen-bond donors (Lipinski definition) is 1. The Morgan fingerprint density at radius 3 is 2.56 bits per heavy atom. The maximum Gasteiger partial charge on any atom is 0.433 e. The molecule has 25 heavy (non-hydrogen) atoms. The molecule has 1 aromatic heterocycles. The number of nitrogens with one attached hydrogen (secondary N) is 1. The lowest BCUT2D eigenvalue weighted by Gasteiger charge is -2.38. The summed E-state index contributed by atoms with van der Waals surface area (Å²) in [6.45, 7) is 0.330. The minimum Gasteiger partial charge on any atom is -0.471 e. The highest BCUT2D eigenvalue weighted by Gasteiger charge is 2.35. The van der Waals surface area contributed by atoms with E-state index in [1.165, 1.54) is 35.2 Å². The van der Waals surface area contributed by atoms with Gasteiger partial charge in [-0.1, -0.05) is 18.2 Å². The molecule has 132 valence electrons. The van der Waals surface area contributed by atoms with Gasteiger partial charge in [-0.15, -0.1) is 0 Å². The Hall–Kier alpha value is -2.84. The lowest BCUT2D eigenvalue weighted by atomic mass is 10.2. The zero-order chi connectivity index (χ0) is 18.0. The van der Waals surface area contributed by atoms with Gasteiger partial charge in [0.2, 0.25) is 5.88 Å². The average molecular weight is 355 g/mol. The van der Waals surface area contributed by atoms with Crippen molar-refractivity contribution in [3.63, 3.8) is 0 Å². The highest BCUT2D eigenvalue weighted by Crippen LogP contribution is 2.29. The van der Waals surface area contributed by atoms with Crippen LogP contribution in [0.5, 0.6) is 5.88 Å². The molecular formula is C16H13F4N3O2. The van der Waals surface area contributed by atoms with Crippen LogP contribution in [0.1, 0.15) is 5.69 Å². The first-order valence-electron chi connectivity index (χ1n) is 7.34. The molecule has 2 amide bonds. The summed E-state index contributed by atoms with van der Waals surface area (Å²) in [6, 6.07) is 8.58. The van der Waals surface area contributed by atoms with Crippen LogP contribution in [-0.2, 0) is 6.18 Å². The first-order chi connectivity index (χ1) is 11.8. The van der Waals surface area contributed by atoms with E-state index in [1.54, 1.807) is 6.07 Å². The molecule has 1 N–H and O–H groups in total. The van der Waals surface area contributed by atoms with Crippen LogP contribution >= 0.6 is 0 Å². The second-order valence-electron chi connectivity index (χ2n) is 5.41. The van der Waals surface area contributed by atoms with Crippen molar-refractivity contribution in [3.8, 4) is 5.88 Å². The SMILES string of the molecule is O=C(Nc1ccccc1F)N1CC(Oc2cccc(C(F)(F)F)n2)C1. The number of benzene rings is 1. The van der Waals surface area contributed by atoms with Crippen LogP contribution in [-0.4, -0.2) is 35.1 Å². The number of ether oxygens (including phenoxy) is 1. The molecule has 5 nitrogen and oxygen atoms in total. The largest absolute Gasteiger partial charge is 0.471 e. The Morgan fingerprint density at radius 1 is 1.16 bits per heavy atom. The molecule has 0 saturated carbocycles. The second kappa shape index (κ2) is 6.58. The van der Waals surface area contributed by atoms with Gasteiger partial charge in [-0.25, -0.2) is 14.2 Å². The van der Waals surface area contributed by atoms with Gasteiger partial charge in [0.05, 0.1) is 18.8 Å². The fourth-order valence-electron chi connectivity index (χ4n) is 2.24. The summed E-state index contributed by atoms with van der Waals surface area (Å²) in [6.07, 6.45) is -5.02. The third-order valence-corrected chi connectivity index (χ3v) is 3.55. The molecule has 0 spiro atoms. The molecule has 3 rings (SSSR count). The summed E-state index contributed by atoms with van der Waals surface area (Å²) in [7, 11) is 0. The first-order valence-corrected chi connectivity index (χ1v) is 7.34. The van der Waals surface area contributed by atoms with Crippen molar-refractivity contribution in [3.05, 3.63) is 54.0 Å². The molecule has 1 aliphatic rings. The third kappa shape index (κ3) is 3.98. The number of anilines is 1. The van der Waals surface area contributed by atoms with E-state index in [9.17, 15) is 22.4 Å². The van der Waals surface area contributed by atoms with E-state index in [-0.39, 0.29) is 24.7 Å². The van der Waals surface area contributed by atoms with Crippen LogP contribution in [0.25, 0.3) is 0 Å². The van der Waals surface area contributed by atoms with Gasteiger partial charge in [0, 0.05) is 6.07 Å². The molecule has 1 saturated heterocycles. The number of pyridine rings is 1. The second-order valence-corrected chi connectivity index (χ2v) is 5.41. The minimum atomic E-state index is -4.55. The molecule has 9 heteroatoms. The van der Waals surface area contributed by atoms with Crippen LogP contribution in [0, 0.1) is 5.82 Å². The number of alkyl halides is 3. The monoisotopic (exact) mass is 355 g/mol. The van der Waals surface area contributed by atoms with Gasteiger partial charge in [-0.2, -0.15) is 13.2 Å². The van der Waals surface area contributed by atoms with Gasteiger partial charge < -0.3 is 15.0 Å². The summed E-state index contributed by atoms with van der Waals surface area (Å²) in [4.78, 5) is 16.7. The molecule has 2 heterocycles. The lowest BCUT2D eigenvalue weighted by molar-refractivity contribution is -0.141. The van der Waals surface area contributed by atoms with Gasteiger partial charge in [0.1, 0.15) is 17.6 Å². The smallest absolute Gasteiger partial charge is 0.433 e. The topological polar surface area (TPSA) is 54.5 Å². The summed E-state index contributed by atoms with van der Waals surface area (Å²) in [5.74, 6) is -0.716. The van der Waals surface area contributed by atoms with Crippen molar-refractivity contribution in [1.29, 1.82) is 0 Å². The predicted octanol–water partition coefficient (Wildman–Crippen LogP) is 3.53. The average Bonchev–Trinajstić information content (AvgIpc) is 2.52. The normalized spacial score (nSPS) is 14.8. The zero-order valence-corrected chi connectivity index (χ0v) is 12.8.